The van der Waals surface area contributed by atoms with Crippen molar-refractivity contribution in [2.24, 2.45) is 0 Å². The number of aryl methyl sites for hydroxylation is 8. The average molecular weight is 1240 g/mol. The maximum absolute atomic E-state index is 11.4. The molecule has 0 bridgehead atoms. The standard InChI is InChI=1S/C90H63N7/c1-52-18-14-19-53(2)85(52)62-30-36-79-73(42-62)74-43-63(86-54(3)20-15-21-55(86)4)31-37-80(74)96(79)89-68(50-91)40-66(46-77(89)93-9)60-28-34-71-72-35-29-61(49-84(72)95(83(71)48-60)70-26-12-11-13-27-70)67-41-69(51-92)90(78(47-67)94-10)97-81-38-32-64(87-56(5)22-16-23-57(87)6)44-75(81)76-45-65(33-39-82(76)97)88-58(7)24-17-25-59(88)8/h11-49H,1-8H3. The molecule has 0 amide bonds. The third kappa shape index (κ3) is 9.43. The molecule has 0 aliphatic carbocycles. The second kappa shape index (κ2) is 23.1. The number of nitrogens with zero attached hydrogens (tertiary/aromatic N) is 7. The molecule has 16 aromatic rings. The zero-order valence-corrected chi connectivity index (χ0v) is 55.1. The van der Waals surface area contributed by atoms with Crippen molar-refractivity contribution < 1.29 is 0 Å². The van der Waals surface area contributed by atoms with E-state index in [4.69, 9.17) is 13.1 Å². The summed E-state index contributed by atoms with van der Waals surface area (Å²) >= 11 is 0. The van der Waals surface area contributed by atoms with Crippen LogP contribution >= 0.6 is 0 Å². The van der Waals surface area contributed by atoms with Crippen LogP contribution in [0.1, 0.15) is 55.6 Å². The fourth-order valence-electron chi connectivity index (χ4n) is 15.8. The molecule has 7 nitrogen and oxygen atoms in total. The second-order valence-corrected chi connectivity index (χ2v) is 26.0. The SMILES string of the molecule is [C-]#[N+]c1cc(-c2ccc3c4ccc(-c5cc(C#N)c(-n6c7ccc(-c8c(C)cccc8C)cc7c7cc(-c8c(C)cccc8C)ccc76)c([N+]#[C-])c5)cc4n(-c4ccccc4)c3c2)cc(C#N)c1-n1c2ccc(-c3c(C)cccc3C)cc2c2cc(-c3c(C)cccc3C)ccc21. The van der Waals surface area contributed by atoms with Crippen molar-refractivity contribution in [3.63, 3.8) is 0 Å². The number of rotatable bonds is 9. The molecule has 0 saturated carbocycles. The molecule has 0 aliphatic heterocycles. The summed E-state index contributed by atoms with van der Waals surface area (Å²) in [7, 11) is 0. The van der Waals surface area contributed by atoms with Gasteiger partial charge in [-0.05, 0) is 264 Å². The molecule has 7 heteroatoms. The molecular weight excluding hydrogens is 1180 g/mol. The molecule has 0 aliphatic rings. The van der Waals surface area contributed by atoms with E-state index < -0.39 is 0 Å². The van der Waals surface area contributed by atoms with Crippen molar-refractivity contribution >= 4 is 76.8 Å². The predicted octanol–water partition coefficient (Wildman–Crippen LogP) is 24.3. The minimum Gasteiger partial charge on any atom is -0.318 e. The molecule has 3 aromatic heterocycles. The summed E-state index contributed by atoms with van der Waals surface area (Å²) in [5.74, 6) is 0. The Morgan fingerprint density at radius 2 is 0.567 bits per heavy atom. The van der Waals surface area contributed by atoms with E-state index in [9.17, 15) is 10.5 Å². The molecule has 0 atom stereocenters. The van der Waals surface area contributed by atoms with Gasteiger partial charge in [-0.2, -0.15) is 10.5 Å². The highest BCUT2D eigenvalue weighted by Crippen LogP contribution is 2.47. The van der Waals surface area contributed by atoms with Gasteiger partial charge in [0.25, 0.3) is 0 Å². The van der Waals surface area contributed by atoms with Crippen molar-refractivity contribution in [1.29, 1.82) is 10.5 Å². The molecule has 0 fully saturated rings. The Hall–Kier alpha value is -12.8. The molecule has 3 heterocycles. The van der Waals surface area contributed by atoms with Crippen molar-refractivity contribution in [2.45, 2.75) is 55.4 Å². The van der Waals surface area contributed by atoms with Gasteiger partial charge in [-0.3, -0.25) is 0 Å². The Bertz CT molecular complexity index is 5540. The molecule has 0 spiro atoms. The van der Waals surface area contributed by atoms with Crippen molar-refractivity contribution in [1.82, 2.24) is 13.7 Å². The molecule has 0 radical (unpaired) electrons. The summed E-state index contributed by atoms with van der Waals surface area (Å²) in [5.41, 5.74) is 31.0. The van der Waals surface area contributed by atoms with Crippen LogP contribution in [0.2, 0.25) is 0 Å². The molecule has 0 unspecified atom stereocenters. The summed E-state index contributed by atoms with van der Waals surface area (Å²) in [5, 5.41) is 28.9. The van der Waals surface area contributed by atoms with Gasteiger partial charge in [0.05, 0.1) is 80.9 Å². The van der Waals surface area contributed by atoms with E-state index in [0.29, 0.717) is 33.9 Å². The molecule has 0 N–H and O–H groups in total. The lowest BCUT2D eigenvalue weighted by Gasteiger charge is -2.16. The summed E-state index contributed by atoms with van der Waals surface area (Å²) in [6.07, 6.45) is 0. The predicted molar refractivity (Wildman–Crippen MR) is 402 cm³/mol. The largest absolute Gasteiger partial charge is 0.318 e. The Labute approximate surface area is 564 Å². The highest BCUT2D eigenvalue weighted by atomic mass is 15.0. The van der Waals surface area contributed by atoms with Gasteiger partial charge in [0.15, 0.2) is 0 Å². The minimum absolute atomic E-state index is 0.364. The maximum atomic E-state index is 11.4. The number of hydrogen-bond acceptors (Lipinski definition) is 2. The Morgan fingerprint density at radius 1 is 0.268 bits per heavy atom. The smallest absolute Gasteiger partial charge is 0.212 e. The van der Waals surface area contributed by atoms with Crippen molar-refractivity contribution in [3.05, 3.63) is 315 Å². The summed E-state index contributed by atoms with van der Waals surface area (Å²) in [6, 6.07) is 88.0. The number of para-hydroxylation sites is 1. The minimum atomic E-state index is 0.364. The van der Waals surface area contributed by atoms with Crippen LogP contribution in [0, 0.1) is 91.2 Å². The van der Waals surface area contributed by atoms with E-state index in [0.717, 1.165) is 116 Å². The van der Waals surface area contributed by atoms with Crippen LogP contribution in [0.15, 0.2) is 237 Å². The number of nitriles is 2. The number of fused-ring (bicyclic) bond motifs is 9. The zero-order chi connectivity index (χ0) is 66.7. The van der Waals surface area contributed by atoms with E-state index in [1.807, 2.05) is 42.5 Å². The van der Waals surface area contributed by atoms with Gasteiger partial charge in [-0.15, -0.1) is 0 Å². The lowest BCUT2D eigenvalue weighted by atomic mass is 9.93. The van der Waals surface area contributed by atoms with Crippen LogP contribution in [-0.2, 0) is 0 Å². The van der Waals surface area contributed by atoms with Gasteiger partial charge in [-0.25, -0.2) is 9.69 Å². The van der Waals surface area contributed by atoms with Crippen molar-refractivity contribution in [2.75, 3.05) is 0 Å². The van der Waals surface area contributed by atoms with E-state index >= 15 is 0 Å². The van der Waals surface area contributed by atoms with Crippen LogP contribution in [0.4, 0.5) is 11.4 Å². The number of hydrogen-bond donors (Lipinski definition) is 0. The average Bonchev–Trinajstić information content (AvgIpc) is 1.59. The second-order valence-electron chi connectivity index (χ2n) is 26.0. The molecular formula is C90H63N7. The highest BCUT2D eigenvalue weighted by molar-refractivity contribution is 6.15. The highest BCUT2D eigenvalue weighted by Gasteiger charge is 2.26. The number of benzene rings is 13. The monoisotopic (exact) mass is 1240 g/mol. The van der Waals surface area contributed by atoms with Crippen LogP contribution in [-0.4, -0.2) is 13.7 Å². The van der Waals surface area contributed by atoms with Crippen LogP contribution < -0.4 is 0 Å². The topological polar surface area (TPSA) is 71.1 Å². The van der Waals surface area contributed by atoms with Crippen LogP contribution in [0.25, 0.3) is 159 Å². The summed E-state index contributed by atoms with van der Waals surface area (Å²) in [4.78, 5) is 8.51. The van der Waals surface area contributed by atoms with Gasteiger partial charge in [0.1, 0.15) is 0 Å². The Balaban J connectivity index is 0.840. The first-order chi connectivity index (χ1) is 47.2. The molecule has 13 aromatic carbocycles. The van der Waals surface area contributed by atoms with E-state index in [1.54, 1.807) is 0 Å². The summed E-state index contributed by atoms with van der Waals surface area (Å²) < 4.78 is 6.51. The van der Waals surface area contributed by atoms with Gasteiger partial charge in [0.2, 0.25) is 11.4 Å². The Morgan fingerprint density at radius 3 is 0.856 bits per heavy atom. The van der Waals surface area contributed by atoms with Crippen LogP contribution in [0.5, 0.6) is 0 Å². The van der Waals surface area contributed by atoms with Gasteiger partial charge in [-0.1, -0.05) is 140 Å². The maximum Gasteiger partial charge on any atom is 0.212 e. The normalized spacial score (nSPS) is 11.5. The van der Waals surface area contributed by atoms with Gasteiger partial charge >= 0.3 is 0 Å². The molecule has 97 heavy (non-hydrogen) atoms. The zero-order valence-electron chi connectivity index (χ0n) is 55.1. The first kappa shape index (κ1) is 59.2. The molecule has 458 valence electrons. The Kier molecular flexibility index (Phi) is 14.1. The first-order valence-electron chi connectivity index (χ1n) is 32.7. The molecule has 0 saturated heterocycles. The first-order valence-corrected chi connectivity index (χ1v) is 32.7. The third-order valence-electron chi connectivity index (χ3n) is 20.2. The van der Waals surface area contributed by atoms with Crippen LogP contribution in [0.3, 0.4) is 0 Å². The third-order valence-corrected chi connectivity index (χ3v) is 20.2. The quantitative estimate of drug-likeness (QED) is 0.135. The van der Waals surface area contributed by atoms with Gasteiger partial charge in [0, 0.05) is 38.0 Å². The summed E-state index contributed by atoms with van der Waals surface area (Å²) in [6.45, 7) is 35.0. The number of aromatic nitrogens is 3. The fourth-order valence-corrected chi connectivity index (χ4v) is 15.8. The van der Waals surface area contributed by atoms with Crippen molar-refractivity contribution in [3.8, 4) is 96.0 Å². The lowest BCUT2D eigenvalue weighted by Crippen LogP contribution is -1.99. The van der Waals surface area contributed by atoms with E-state index in [2.05, 4.69) is 285 Å². The molecule has 16 rings (SSSR count). The fraction of sp³-hybridized carbons (Fsp3) is 0.0889. The van der Waals surface area contributed by atoms with E-state index in [-0.39, 0.29) is 0 Å². The van der Waals surface area contributed by atoms with E-state index in [1.165, 1.54) is 66.8 Å². The van der Waals surface area contributed by atoms with Gasteiger partial charge < -0.3 is 13.7 Å². The lowest BCUT2D eigenvalue weighted by molar-refractivity contribution is 1.17.